The highest BCUT2D eigenvalue weighted by Gasteiger charge is 2.18. The first kappa shape index (κ1) is 31.7. The van der Waals surface area contributed by atoms with Crippen LogP contribution in [0.15, 0.2) is 48.5 Å². The van der Waals surface area contributed by atoms with Crippen LogP contribution in [0.4, 0.5) is 0 Å². The number of hydrogen-bond acceptors (Lipinski definition) is 4. The van der Waals surface area contributed by atoms with Gasteiger partial charge in [0.15, 0.2) is 0 Å². The number of unbranched alkanes of at least 4 members (excludes halogenated alkanes) is 10. The zero-order chi connectivity index (χ0) is 27.4. The van der Waals surface area contributed by atoms with Crippen molar-refractivity contribution in [2.45, 2.75) is 122 Å². The number of phenolic OH excluding ortho intramolecular Hbond substituents is 2. The summed E-state index contributed by atoms with van der Waals surface area (Å²) in [6.45, 7) is 5.04. The normalized spacial score (nSPS) is 12.1. The number of esters is 1. The lowest BCUT2D eigenvalue weighted by atomic mass is 9.87. The third-order valence-electron chi connectivity index (χ3n) is 7.64. The molecule has 38 heavy (non-hydrogen) atoms. The van der Waals surface area contributed by atoms with E-state index in [9.17, 15) is 15.0 Å². The summed E-state index contributed by atoms with van der Waals surface area (Å²) in [5.74, 6) is 0.758. The number of phenols is 2. The van der Waals surface area contributed by atoms with Gasteiger partial charge in [0, 0.05) is 12.3 Å². The van der Waals surface area contributed by atoms with Gasteiger partial charge >= 0.3 is 5.97 Å². The van der Waals surface area contributed by atoms with Gasteiger partial charge in [0.05, 0.1) is 6.61 Å². The predicted octanol–water partition coefficient (Wildman–Crippen LogP) is 9.67. The van der Waals surface area contributed by atoms with E-state index in [1.807, 2.05) is 24.3 Å². The standard InChI is InChI=1S/C34H52O4/c1-3-5-7-9-10-12-14-16-28(15-13-11-8-6-4-2)27-38-34(37)26-25-33(29-17-21-31(35)22-18-29)30-19-23-32(36)24-20-30/h17-24,28,33,35-36H,3-16,25-27H2,1-2H3. The molecule has 1 atom stereocenters. The van der Waals surface area contributed by atoms with Crippen LogP contribution in [-0.2, 0) is 9.53 Å². The molecule has 1 unspecified atom stereocenters. The van der Waals surface area contributed by atoms with Crippen molar-refractivity contribution in [3.05, 3.63) is 59.7 Å². The number of aromatic hydroxyl groups is 2. The Morgan fingerprint density at radius 1 is 0.632 bits per heavy atom. The minimum atomic E-state index is -0.136. The molecule has 0 heterocycles. The molecular formula is C34H52O4. The first-order valence-corrected chi connectivity index (χ1v) is 15.3. The summed E-state index contributed by atoms with van der Waals surface area (Å²) in [6.07, 6.45) is 18.8. The molecule has 212 valence electrons. The van der Waals surface area contributed by atoms with Crippen LogP contribution in [-0.4, -0.2) is 22.8 Å². The van der Waals surface area contributed by atoms with Gasteiger partial charge < -0.3 is 14.9 Å². The molecule has 0 aliphatic carbocycles. The van der Waals surface area contributed by atoms with Crippen molar-refractivity contribution in [2.24, 2.45) is 5.92 Å². The Balaban J connectivity index is 1.86. The fourth-order valence-electron chi connectivity index (χ4n) is 5.22. The van der Waals surface area contributed by atoms with Gasteiger partial charge in [0.2, 0.25) is 0 Å². The Morgan fingerprint density at radius 2 is 1.05 bits per heavy atom. The summed E-state index contributed by atoms with van der Waals surface area (Å²) in [6, 6.07) is 14.3. The third kappa shape index (κ3) is 13.3. The van der Waals surface area contributed by atoms with Crippen LogP contribution in [0.2, 0.25) is 0 Å². The maximum atomic E-state index is 12.8. The number of carbonyl (C=O) groups excluding carboxylic acids is 1. The quantitative estimate of drug-likeness (QED) is 0.126. The van der Waals surface area contributed by atoms with E-state index in [1.165, 1.54) is 77.0 Å². The Bertz CT molecular complexity index is 814. The molecule has 2 rings (SSSR count). The number of benzene rings is 2. The highest BCUT2D eigenvalue weighted by molar-refractivity contribution is 5.69. The van der Waals surface area contributed by atoms with E-state index in [-0.39, 0.29) is 23.4 Å². The average molecular weight is 525 g/mol. The van der Waals surface area contributed by atoms with Crippen LogP contribution in [0.25, 0.3) is 0 Å². The summed E-state index contributed by atoms with van der Waals surface area (Å²) >= 11 is 0. The zero-order valence-corrected chi connectivity index (χ0v) is 24.0. The van der Waals surface area contributed by atoms with Crippen LogP contribution in [0.1, 0.15) is 134 Å². The van der Waals surface area contributed by atoms with Crippen molar-refractivity contribution in [3.8, 4) is 11.5 Å². The van der Waals surface area contributed by atoms with Crippen molar-refractivity contribution in [2.75, 3.05) is 6.61 Å². The van der Waals surface area contributed by atoms with Gasteiger partial charge in [-0.2, -0.15) is 0 Å². The van der Waals surface area contributed by atoms with E-state index in [2.05, 4.69) is 13.8 Å². The topological polar surface area (TPSA) is 66.8 Å². The van der Waals surface area contributed by atoms with Crippen molar-refractivity contribution >= 4 is 5.97 Å². The fraction of sp³-hybridized carbons (Fsp3) is 0.618. The molecule has 0 bridgehead atoms. The largest absolute Gasteiger partial charge is 0.508 e. The Labute approximate surface area is 231 Å². The lowest BCUT2D eigenvalue weighted by molar-refractivity contribution is -0.145. The molecule has 0 aromatic heterocycles. The molecule has 4 heteroatoms. The second-order valence-electron chi connectivity index (χ2n) is 10.9. The molecule has 0 aliphatic heterocycles. The maximum absolute atomic E-state index is 12.8. The van der Waals surface area contributed by atoms with Gasteiger partial charge in [-0.05, 0) is 60.6 Å². The van der Waals surface area contributed by atoms with Crippen LogP contribution < -0.4 is 0 Å². The van der Waals surface area contributed by atoms with E-state index < -0.39 is 0 Å². The zero-order valence-electron chi connectivity index (χ0n) is 24.0. The van der Waals surface area contributed by atoms with Crippen molar-refractivity contribution in [1.29, 1.82) is 0 Å². The van der Waals surface area contributed by atoms with Gasteiger partial charge in [-0.1, -0.05) is 115 Å². The summed E-state index contributed by atoms with van der Waals surface area (Å²) < 4.78 is 5.83. The predicted molar refractivity (Wildman–Crippen MR) is 158 cm³/mol. The van der Waals surface area contributed by atoms with E-state index in [1.54, 1.807) is 24.3 Å². The molecule has 0 amide bonds. The summed E-state index contributed by atoms with van der Waals surface area (Å²) in [7, 11) is 0. The minimum absolute atomic E-state index is 0.00850. The molecule has 0 saturated heterocycles. The second kappa shape index (κ2) is 19.6. The van der Waals surface area contributed by atoms with E-state index >= 15 is 0 Å². The molecule has 0 spiro atoms. The van der Waals surface area contributed by atoms with E-state index in [0.717, 1.165) is 24.0 Å². The lowest BCUT2D eigenvalue weighted by Crippen LogP contribution is -2.15. The maximum Gasteiger partial charge on any atom is 0.305 e. The molecule has 2 aromatic carbocycles. The smallest absolute Gasteiger partial charge is 0.305 e. The number of hydrogen-bond donors (Lipinski definition) is 2. The number of ether oxygens (including phenoxy) is 1. The molecule has 0 saturated carbocycles. The van der Waals surface area contributed by atoms with Crippen molar-refractivity contribution in [1.82, 2.24) is 0 Å². The monoisotopic (exact) mass is 524 g/mol. The number of carbonyl (C=O) groups is 1. The van der Waals surface area contributed by atoms with Crippen LogP contribution in [0.3, 0.4) is 0 Å². The summed E-state index contributed by atoms with van der Waals surface area (Å²) in [4.78, 5) is 12.8. The minimum Gasteiger partial charge on any atom is -0.508 e. The van der Waals surface area contributed by atoms with E-state index in [0.29, 0.717) is 25.4 Å². The third-order valence-corrected chi connectivity index (χ3v) is 7.64. The van der Waals surface area contributed by atoms with Gasteiger partial charge in [0.1, 0.15) is 11.5 Å². The van der Waals surface area contributed by atoms with Gasteiger partial charge in [0.25, 0.3) is 0 Å². The van der Waals surface area contributed by atoms with E-state index in [4.69, 9.17) is 4.74 Å². The molecule has 0 fully saturated rings. The second-order valence-corrected chi connectivity index (χ2v) is 10.9. The van der Waals surface area contributed by atoms with Gasteiger partial charge in [-0.15, -0.1) is 0 Å². The summed E-state index contributed by atoms with van der Waals surface area (Å²) in [5.41, 5.74) is 2.07. The van der Waals surface area contributed by atoms with Crippen molar-refractivity contribution < 1.29 is 19.7 Å². The van der Waals surface area contributed by atoms with Gasteiger partial charge in [-0.25, -0.2) is 0 Å². The average Bonchev–Trinajstić information content (AvgIpc) is 2.92. The van der Waals surface area contributed by atoms with Crippen LogP contribution in [0.5, 0.6) is 11.5 Å². The lowest BCUT2D eigenvalue weighted by Gasteiger charge is -2.20. The van der Waals surface area contributed by atoms with Crippen LogP contribution in [0, 0.1) is 5.92 Å². The fourth-order valence-corrected chi connectivity index (χ4v) is 5.22. The highest BCUT2D eigenvalue weighted by atomic mass is 16.5. The first-order chi connectivity index (χ1) is 18.5. The Hall–Kier alpha value is -2.49. The van der Waals surface area contributed by atoms with Crippen molar-refractivity contribution in [3.63, 3.8) is 0 Å². The van der Waals surface area contributed by atoms with Gasteiger partial charge in [-0.3, -0.25) is 4.79 Å². The highest BCUT2D eigenvalue weighted by Crippen LogP contribution is 2.31. The van der Waals surface area contributed by atoms with Crippen LogP contribution >= 0.6 is 0 Å². The molecule has 4 nitrogen and oxygen atoms in total. The molecule has 2 N–H and O–H groups in total. The Morgan fingerprint density at radius 3 is 1.50 bits per heavy atom. The number of rotatable bonds is 21. The molecule has 0 aliphatic rings. The molecule has 2 aromatic rings. The first-order valence-electron chi connectivity index (χ1n) is 15.3. The summed E-state index contributed by atoms with van der Waals surface area (Å²) in [5, 5.41) is 19.4. The molecule has 0 radical (unpaired) electrons. The molecular weight excluding hydrogens is 472 g/mol. The Kier molecular flexibility index (Phi) is 16.3. The SMILES string of the molecule is CCCCCCCCCC(CCCCCCC)COC(=O)CCC(c1ccc(O)cc1)c1ccc(O)cc1.